The van der Waals surface area contributed by atoms with E-state index in [1.807, 2.05) is 12.3 Å². The molecular weight excluding hydrogens is 224 g/mol. The molecule has 1 aromatic heterocycles. The summed E-state index contributed by atoms with van der Waals surface area (Å²) in [5, 5.41) is 0. The van der Waals surface area contributed by atoms with Gasteiger partial charge in [-0.25, -0.2) is 4.98 Å². The van der Waals surface area contributed by atoms with E-state index in [1.54, 1.807) is 0 Å². The number of pyridine rings is 1. The summed E-state index contributed by atoms with van der Waals surface area (Å²) in [6, 6.07) is 4.67. The van der Waals surface area contributed by atoms with Crippen LogP contribution < -0.4 is 4.74 Å². The molecule has 0 aliphatic carbocycles. The van der Waals surface area contributed by atoms with Crippen molar-refractivity contribution in [2.45, 2.75) is 52.2 Å². The first kappa shape index (κ1) is 13.3. The van der Waals surface area contributed by atoms with Crippen molar-refractivity contribution in [1.82, 2.24) is 9.88 Å². The average molecular weight is 248 g/mol. The maximum atomic E-state index is 5.85. The van der Waals surface area contributed by atoms with E-state index in [-0.39, 0.29) is 6.10 Å². The molecular formula is C15H24N2O. The lowest BCUT2D eigenvalue weighted by molar-refractivity contribution is 0.148. The predicted octanol–water partition coefficient (Wildman–Crippen LogP) is 3.42. The first-order valence-electron chi connectivity index (χ1n) is 7.08. The van der Waals surface area contributed by atoms with Crippen molar-refractivity contribution in [3.63, 3.8) is 0 Å². The van der Waals surface area contributed by atoms with Crippen LogP contribution in [-0.4, -0.2) is 29.1 Å². The molecule has 1 aromatic rings. The number of nitrogens with zero attached hydrogens (tertiary/aromatic N) is 2. The second-order valence-corrected chi connectivity index (χ2v) is 5.20. The van der Waals surface area contributed by atoms with Gasteiger partial charge in [-0.1, -0.05) is 19.4 Å². The Morgan fingerprint density at radius 3 is 3.00 bits per heavy atom. The van der Waals surface area contributed by atoms with Gasteiger partial charge in [-0.05, 0) is 45.8 Å². The molecule has 100 valence electrons. The summed E-state index contributed by atoms with van der Waals surface area (Å²) < 4.78 is 5.85. The van der Waals surface area contributed by atoms with E-state index in [0.717, 1.165) is 12.4 Å². The molecule has 1 saturated heterocycles. The van der Waals surface area contributed by atoms with Gasteiger partial charge in [-0.15, -0.1) is 0 Å². The Balaban J connectivity index is 2.24. The number of hydrogen-bond donors (Lipinski definition) is 0. The zero-order valence-corrected chi connectivity index (χ0v) is 11.7. The van der Waals surface area contributed by atoms with Crippen molar-refractivity contribution in [3.8, 4) is 5.88 Å². The molecule has 1 fully saturated rings. The van der Waals surface area contributed by atoms with Crippen LogP contribution in [0.5, 0.6) is 5.88 Å². The van der Waals surface area contributed by atoms with Crippen LogP contribution in [0.1, 0.15) is 51.6 Å². The summed E-state index contributed by atoms with van der Waals surface area (Å²) in [6.07, 6.45) is 5.83. The fourth-order valence-corrected chi connectivity index (χ4v) is 2.70. The Morgan fingerprint density at radius 2 is 2.28 bits per heavy atom. The number of ether oxygens (including phenoxy) is 1. The van der Waals surface area contributed by atoms with E-state index >= 15 is 0 Å². The van der Waals surface area contributed by atoms with Crippen LogP contribution in [0.3, 0.4) is 0 Å². The topological polar surface area (TPSA) is 25.4 Å². The van der Waals surface area contributed by atoms with Crippen LogP contribution in [0.25, 0.3) is 0 Å². The van der Waals surface area contributed by atoms with Gasteiger partial charge in [-0.2, -0.15) is 0 Å². The third-order valence-corrected chi connectivity index (χ3v) is 3.53. The van der Waals surface area contributed by atoms with E-state index < -0.39 is 0 Å². The molecule has 0 saturated carbocycles. The number of aromatic nitrogens is 1. The van der Waals surface area contributed by atoms with Gasteiger partial charge in [-0.3, -0.25) is 4.90 Å². The molecule has 0 amide bonds. The van der Waals surface area contributed by atoms with Crippen LogP contribution in [-0.2, 0) is 0 Å². The number of rotatable bonds is 4. The fraction of sp³-hybridized carbons (Fsp3) is 0.667. The molecule has 1 unspecified atom stereocenters. The molecule has 1 aliphatic heterocycles. The largest absolute Gasteiger partial charge is 0.475 e. The Bertz CT molecular complexity index is 379. The van der Waals surface area contributed by atoms with E-state index in [9.17, 15) is 0 Å². The second kappa shape index (κ2) is 6.19. The number of likely N-dealkylation sites (tertiary alicyclic amines) is 1. The highest BCUT2D eigenvalue weighted by molar-refractivity contribution is 5.29. The highest BCUT2D eigenvalue weighted by atomic mass is 16.5. The van der Waals surface area contributed by atoms with Crippen LogP contribution in [0.4, 0.5) is 0 Å². The lowest BCUT2D eigenvalue weighted by Crippen LogP contribution is -2.33. The Labute approximate surface area is 110 Å². The standard InChI is InChI=1S/C15H24N2O/c1-4-17-11-6-5-9-14(17)13-8-7-10-16-15(13)18-12(2)3/h7-8,10,12,14H,4-6,9,11H2,1-3H3. The second-order valence-electron chi connectivity index (χ2n) is 5.20. The Morgan fingerprint density at radius 1 is 1.44 bits per heavy atom. The molecule has 3 nitrogen and oxygen atoms in total. The number of hydrogen-bond acceptors (Lipinski definition) is 3. The van der Waals surface area contributed by atoms with Crippen molar-refractivity contribution < 1.29 is 4.74 Å². The molecule has 2 heterocycles. The van der Waals surface area contributed by atoms with Crippen molar-refractivity contribution >= 4 is 0 Å². The summed E-state index contributed by atoms with van der Waals surface area (Å²) >= 11 is 0. The van der Waals surface area contributed by atoms with Crippen molar-refractivity contribution in [1.29, 1.82) is 0 Å². The summed E-state index contributed by atoms with van der Waals surface area (Å²) in [5.41, 5.74) is 1.26. The molecule has 18 heavy (non-hydrogen) atoms. The lowest BCUT2D eigenvalue weighted by atomic mass is 9.96. The summed E-state index contributed by atoms with van der Waals surface area (Å²) in [6.45, 7) is 8.63. The van der Waals surface area contributed by atoms with E-state index in [1.165, 1.54) is 31.4 Å². The van der Waals surface area contributed by atoms with E-state index in [4.69, 9.17) is 4.74 Å². The smallest absolute Gasteiger partial charge is 0.218 e. The van der Waals surface area contributed by atoms with Crippen LogP contribution in [0.15, 0.2) is 18.3 Å². The molecule has 2 rings (SSSR count). The van der Waals surface area contributed by atoms with Crippen molar-refractivity contribution in [2.24, 2.45) is 0 Å². The molecule has 0 aromatic carbocycles. The van der Waals surface area contributed by atoms with Gasteiger partial charge in [0.1, 0.15) is 0 Å². The van der Waals surface area contributed by atoms with Gasteiger partial charge >= 0.3 is 0 Å². The minimum absolute atomic E-state index is 0.178. The first-order valence-corrected chi connectivity index (χ1v) is 7.08. The summed E-state index contributed by atoms with van der Waals surface area (Å²) in [5.74, 6) is 0.817. The fourth-order valence-electron chi connectivity index (χ4n) is 2.70. The maximum Gasteiger partial charge on any atom is 0.218 e. The molecule has 0 N–H and O–H groups in total. The third-order valence-electron chi connectivity index (χ3n) is 3.53. The average Bonchev–Trinajstić information content (AvgIpc) is 2.39. The minimum atomic E-state index is 0.178. The molecule has 0 bridgehead atoms. The first-order chi connectivity index (χ1) is 8.72. The lowest BCUT2D eigenvalue weighted by Gasteiger charge is -2.35. The minimum Gasteiger partial charge on any atom is -0.475 e. The molecule has 1 atom stereocenters. The Kier molecular flexibility index (Phi) is 4.59. The van der Waals surface area contributed by atoms with E-state index in [0.29, 0.717) is 6.04 Å². The van der Waals surface area contributed by atoms with Gasteiger partial charge in [0.05, 0.1) is 6.10 Å². The normalized spacial score (nSPS) is 21.2. The van der Waals surface area contributed by atoms with Crippen molar-refractivity contribution in [3.05, 3.63) is 23.9 Å². The maximum absolute atomic E-state index is 5.85. The van der Waals surface area contributed by atoms with Gasteiger partial charge in [0.25, 0.3) is 0 Å². The molecule has 1 aliphatic rings. The molecule has 0 spiro atoms. The molecule has 0 radical (unpaired) electrons. The van der Waals surface area contributed by atoms with Crippen LogP contribution in [0, 0.1) is 0 Å². The van der Waals surface area contributed by atoms with E-state index in [2.05, 4.69) is 36.7 Å². The Hall–Kier alpha value is -1.09. The van der Waals surface area contributed by atoms with Gasteiger partial charge in [0, 0.05) is 17.8 Å². The molecule has 3 heteroatoms. The predicted molar refractivity (Wildman–Crippen MR) is 73.8 cm³/mol. The van der Waals surface area contributed by atoms with Gasteiger partial charge < -0.3 is 4.74 Å². The SMILES string of the molecule is CCN1CCCCC1c1cccnc1OC(C)C. The zero-order valence-electron chi connectivity index (χ0n) is 11.7. The van der Waals surface area contributed by atoms with Crippen molar-refractivity contribution in [2.75, 3.05) is 13.1 Å². The summed E-state index contributed by atoms with van der Waals surface area (Å²) in [7, 11) is 0. The van der Waals surface area contributed by atoms with Gasteiger partial charge in [0.2, 0.25) is 5.88 Å². The summed E-state index contributed by atoms with van der Waals surface area (Å²) in [4.78, 5) is 6.95. The van der Waals surface area contributed by atoms with Gasteiger partial charge in [0.15, 0.2) is 0 Å². The van der Waals surface area contributed by atoms with Crippen LogP contribution >= 0.6 is 0 Å². The third kappa shape index (κ3) is 3.02. The number of piperidine rings is 1. The zero-order chi connectivity index (χ0) is 13.0. The highest BCUT2D eigenvalue weighted by Gasteiger charge is 2.25. The quantitative estimate of drug-likeness (QED) is 0.816. The van der Waals surface area contributed by atoms with Crippen LogP contribution in [0.2, 0.25) is 0 Å². The highest BCUT2D eigenvalue weighted by Crippen LogP contribution is 2.34. The monoisotopic (exact) mass is 248 g/mol.